The van der Waals surface area contributed by atoms with E-state index < -0.39 is 21.0 Å². The average Bonchev–Trinajstić information content (AvgIpc) is 3.33. The van der Waals surface area contributed by atoms with Crippen molar-refractivity contribution < 1.29 is 19.4 Å². The van der Waals surface area contributed by atoms with Gasteiger partial charge < -0.3 is 4.57 Å². The van der Waals surface area contributed by atoms with Gasteiger partial charge in [0, 0.05) is 35.7 Å². The Labute approximate surface area is 191 Å². The maximum absolute atomic E-state index is 12.8. The minimum atomic E-state index is -0.522. The molecule has 0 N–H and O–H groups in total. The summed E-state index contributed by atoms with van der Waals surface area (Å²) in [6.45, 7) is 0.222. The van der Waals surface area contributed by atoms with Crippen LogP contribution in [0.1, 0.15) is 16.8 Å². The van der Waals surface area contributed by atoms with Crippen molar-refractivity contribution in [2.24, 2.45) is 0 Å². The van der Waals surface area contributed by atoms with Crippen molar-refractivity contribution in [1.82, 2.24) is 9.47 Å². The smallest absolute Gasteiger partial charge is 0.293 e. The number of aromatic nitrogens is 1. The molecule has 1 aliphatic heterocycles. The Balaban J connectivity index is 1.53. The summed E-state index contributed by atoms with van der Waals surface area (Å²) in [5.74, 6) is -0.471. The number of para-hydroxylation sites is 1. The van der Waals surface area contributed by atoms with E-state index in [-0.39, 0.29) is 29.4 Å². The lowest BCUT2D eigenvalue weighted by Gasteiger charge is -2.12. The zero-order valence-corrected chi connectivity index (χ0v) is 17.8. The summed E-state index contributed by atoms with van der Waals surface area (Å²) in [4.78, 5) is 47.7. The van der Waals surface area contributed by atoms with Crippen LogP contribution >= 0.6 is 11.8 Å². The Morgan fingerprint density at radius 2 is 1.61 bits per heavy atom. The molecule has 1 saturated heterocycles. The van der Waals surface area contributed by atoms with Gasteiger partial charge in [-0.15, -0.1) is 0 Å². The average molecular weight is 464 g/mol. The molecular formula is C22H16N4O6S. The van der Waals surface area contributed by atoms with Crippen molar-refractivity contribution in [2.45, 2.75) is 13.1 Å². The van der Waals surface area contributed by atoms with Gasteiger partial charge in [0.1, 0.15) is 0 Å². The fourth-order valence-electron chi connectivity index (χ4n) is 3.38. The van der Waals surface area contributed by atoms with Crippen LogP contribution in [-0.4, -0.2) is 30.5 Å². The van der Waals surface area contributed by atoms with Crippen molar-refractivity contribution in [3.63, 3.8) is 0 Å². The molecule has 166 valence electrons. The molecule has 2 amide bonds. The summed E-state index contributed by atoms with van der Waals surface area (Å²) in [6, 6.07) is 15.6. The van der Waals surface area contributed by atoms with E-state index in [0.717, 1.165) is 16.7 Å². The van der Waals surface area contributed by atoms with Gasteiger partial charge in [-0.2, -0.15) is 0 Å². The molecule has 11 heteroatoms. The highest BCUT2D eigenvalue weighted by Gasteiger charge is 2.35. The van der Waals surface area contributed by atoms with Crippen molar-refractivity contribution in [3.8, 4) is 0 Å². The molecule has 0 saturated carbocycles. The third-order valence-corrected chi connectivity index (χ3v) is 5.94. The molecule has 10 nitrogen and oxygen atoms in total. The molecule has 3 aromatic rings. The number of nitro benzene ring substituents is 2. The van der Waals surface area contributed by atoms with Crippen LogP contribution in [0.2, 0.25) is 0 Å². The van der Waals surface area contributed by atoms with E-state index in [1.165, 1.54) is 30.3 Å². The molecular weight excluding hydrogens is 448 g/mol. The summed E-state index contributed by atoms with van der Waals surface area (Å²) in [7, 11) is 0. The van der Waals surface area contributed by atoms with E-state index in [1.54, 1.807) is 47.2 Å². The number of amides is 2. The molecule has 1 aliphatic rings. The van der Waals surface area contributed by atoms with Crippen molar-refractivity contribution in [1.29, 1.82) is 0 Å². The van der Waals surface area contributed by atoms with E-state index in [9.17, 15) is 29.8 Å². The van der Waals surface area contributed by atoms with Crippen LogP contribution in [0.25, 0.3) is 6.08 Å². The number of hydrogen-bond acceptors (Lipinski definition) is 7. The number of benzene rings is 2. The van der Waals surface area contributed by atoms with Crippen LogP contribution in [0.4, 0.5) is 16.2 Å². The molecule has 1 aromatic heterocycles. The standard InChI is InChI=1S/C22H16N4O6S/c27-21-20(33-22(28)24(21)13-15-7-9-17(10-8-15)25(29)30)12-18-5-3-11-23(18)14-16-4-1-2-6-19(16)26(31)32/h1-12H,13-14H2/b20-12+. The van der Waals surface area contributed by atoms with Crippen LogP contribution in [0.5, 0.6) is 0 Å². The molecule has 2 aromatic carbocycles. The number of imide groups is 1. The summed E-state index contributed by atoms with van der Waals surface area (Å²) in [5, 5.41) is 21.6. The second-order valence-electron chi connectivity index (χ2n) is 7.14. The molecule has 0 unspecified atom stereocenters. The Morgan fingerprint density at radius 1 is 0.879 bits per heavy atom. The maximum Gasteiger partial charge on any atom is 0.293 e. The quantitative estimate of drug-likeness (QED) is 0.284. The summed E-state index contributed by atoms with van der Waals surface area (Å²) < 4.78 is 1.76. The molecule has 0 bridgehead atoms. The number of nitrogens with zero attached hydrogens (tertiary/aromatic N) is 4. The number of rotatable bonds is 7. The molecule has 2 heterocycles. The Bertz CT molecular complexity index is 1300. The normalized spacial score (nSPS) is 14.8. The first-order chi connectivity index (χ1) is 15.8. The third kappa shape index (κ3) is 4.67. The van der Waals surface area contributed by atoms with Gasteiger partial charge in [-0.1, -0.05) is 30.3 Å². The van der Waals surface area contributed by atoms with Gasteiger partial charge >= 0.3 is 0 Å². The van der Waals surface area contributed by atoms with Crippen LogP contribution in [0.15, 0.2) is 71.8 Å². The molecule has 33 heavy (non-hydrogen) atoms. The van der Waals surface area contributed by atoms with Crippen molar-refractivity contribution in [2.75, 3.05) is 0 Å². The number of non-ortho nitro benzene ring substituents is 1. The highest BCUT2D eigenvalue weighted by molar-refractivity contribution is 8.18. The van der Waals surface area contributed by atoms with Crippen LogP contribution in [-0.2, 0) is 17.9 Å². The van der Waals surface area contributed by atoms with E-state index >= 15 is 0 Å². The second-order valence-corrected chi connectivity index (χ2v) is 8.13. The van der Waals surface area contributed by atoms with Gasteiger partial charge in [-0.3, -0.25) is 34.7 Å². The molecule has 0 aliphatic carbocycles. The minimum Gasteiger partial charge on any atom is -0.343 e. The fraction of sp³-hybridized carbons (Fsp3) is 0.0909. The third-order valence-electron chi connectivity index (χ3n) is 5.03. The van der Waals surface area contributed by atoms with Gasteiger partial charge in [0.2, 0.25) is 0 Å². The van der Waals surface area contributed by atoms with Crippen LogP contribution in [0, 0.1) is 20.2 Å². The topological polar surface area (TPSA) is 129 Å². The lowest BCUT2D eigenvalue weighted by atomic mass is 10.2. The lowest BCUT2D eigenvalue weighted by Crippen LogP contribution is -2.27. The first-order valence-electron chi connectivity index (χ1n) is 9.69. The van der Waals surface area contributed by atoms with E-state index in [4.69, 9.17) is 0 Å². The summed E-state index contributed by atoms with van der Waals surface area (Å²) >= 11 is 0.799. The minimum absolute atomic E-state index is 0.000529. The number of carbonyl (C=O) groups is 2. The Morgan fingerprint density at radius 3 is 2.30 bits per heavy atom. The predicted molar refractivity (Wildman–Crippen MR) is 121 cm³/mol. The summed E-state index contributed by atoms with van der Waals surface area (Å²) in [6.07, 6.45) is 3.32. The van der Waals surface area contributed by atoms with Crippen molar-refractivity contribution in [3.05, 3.63) is 109 Å². The first-order valence-corrected chi connectivity index (χ1v) is 10.5. The zero-order chi connectivity index (χ0) is 23.5. The molecule has 0 atom stereocenters. The van der Waals surface area contributed by atoms with Gasteiger partial charge in [-0.25, -0.2) is 0 Å². The van der Waals surface area contributed by atoms with E-state index in [2.05, 4.69) is 0 Å². The van der Waals surface area contributed by atoms with Crippen LogP contribution < -0.4 is 0 Å². The fourth-order valence-corrected chi connectivity index (χ4v) is 4.21. The largest absolute Gasteiger partial charge is 0.343 e. The maximum atomic E-state index is 12.8. The van der Waals surface area contributed by atoms with E-state index in [0.29, 0.717) is 16.8 Å². The van der Waals surface area contributed by atoms with Gasteiger partial charge in [0.25, 0.3) is 22.5 Å². The monoisotopic (exact) mass is 464 g/mol. The Kier molecular flexibility index (Phi) is 6.05. The highest BCUT2D eigenvalue weighted by atomic mass is 32.2. The van der Waals surface area contributed by atoms with Gasteiger partial charge in [-0.05, 0) is 35.5 Å². The van der Waals surface area contributed by atoms with Crippen LogP contribution in [0.3, 0.4) is 0 Å². The highest BCUT2D eigenvalue weighted by Crippen LogP contribution is 2.33. The molecule has 0 spiro atoms. The van der Waals surface area contributed by atoms with Gasteiger partial charge in [0.05, 0.1) is 27.8 Å². The zero-order valence-electron chi connectivity index (χ0n) is 17.0. The number of carbonyl (C=O) groups excluding carboxylic acids is 2. The second kappa shape index (κ2) is 9.09. The lowest BCUT2D eigenvalue weighted by molar-refractivity contribution is -0.385. The first kappa shape index (κ1) is 22.0. The molecule has 1 fully saturated rings. The van der Waals surface area contributed by atoms with E-state index in [1.807, 2.05) is 0 Å². The SMILES string of the molecule is O=C1S/C(=C/c2cccn2Cc2ccccc2[N+](=O)[O-])C(=O)N1Cc1ccc([N+](=O)[O-])cc1. The van der Waals surface area contributed by atoms with Crippen molar-refractivity contribution >= 4 is 40.4 Å². The predicted octanol–water partition coefficient (Wildman–Crippen LogP) is 4.59. The number of thioether (sulfide) groups is 1. The summed E-state index contributed by atoms with van der Waals surface area (Å²) in [5.41, 5.74) is 1.64. The number of nitro groups is 2. The Hall–Kier alpha value is -4.25. The molecule has 0 radical (unpaired) electrons. The number of hydrogen-bond donors (Lipinski definition) is 0. The molecule has 4 rings (SSSR count). The van der Waals surface area contributed by atoms with Gasteiger partial charge in [0.15, 0.2) is 0 Å².